The van der Waals surface area contributed by atoms with E-state index < -0.39 is 0 Å². The number of nitrogens with one attached hydrogen (secondary N) is 2. The van der Waals surface area contributed by atoms with Gasteiger partial charge in [0.05, 0.1) is 23.7 Å². The molecule has 1 atom stereocenters. The van der Waals surface area contributed by atoms with E-state index in [-0.39, 0.29) is 17.9 Å². The zero-order valence-corrected chi connectivity index (χ0v) is 13.5. The molecule has 2 N–H and O–H groups in total. The van der Waals surface area contributed by atoms with Gasteiger partial charge in [-0.05, 0) is 30.9 Å². The average molecular weight is 330 g/mol. The molecule has 0 spiro atoms. The molecule has 6 nitrogen and oxygen atoms in total. The minimum atomic E-state index is -0.192. The highest BCUT2D eigenvalue weighted by Crippen LogP contribution is 2.26. The van der Waals surface area contributed by atoms with Gasteiger partial charge in [0.15, 0.2) is 0 Å². The molecule has 128 valence electrons. The predicted molar refractivity (Wildman–Crippen MR) is 87.6 cm³/mol. The van der Waals surface area contributed by atoms with Crippen molar-refractivity contribution in [2.24, 2.45) is 5.92 Å². The van der Waals surface area contributed by atoms with Crippen molar-refractivity contribution in [2.75, 3.05) is 6.54 Å². The number of amides is 2. The molecule has 0 saturated heterocycles. The van der Waals surface area contributed by atoms with Gasteiger partial charge in [0.2, 0.25) is 0 Å². The summed E-state index contributed by atoms with van der Waals surface area (Å²) < 4.78 is 9.90. The molecular weight excluding hydrogens is 308 g/mol. The fourth-order valence-electron chi connectivity index (χ4n) is 3.22. The lowest BCUT2D eigenvalue weighted by Gasteiger charge is -2.31. The number of furan rings is 2. The van der Waals surface area contributed by atoms with E-state index in [9.17, 15) is 9.59 Å². The molecule has 2 heterocycles. The molecule has 1 unspecified atom stereocenters. The Hall–Kier alpha value is -2.50. The first-order valence-electron chi connectivity index (χ1n) is 8.37. The lowest BCUT2D eigenvalue weighted by Crippen LogP contribution is -2.48. The van der Waals surface area contributed by atoms with E-state index in [1.54, 1.807) is 12.1 Å². The smallest absolute Gasteiger partial charge is 0.254 e. The summed E-state index contributed by atoms with van der Waals surface area (Å²) in [5.74, 6) is 0.0123. The van der Waals surface area contributed by atoms with Gasteiger partial charge < -0.3 is 19.5 Å². The van der Waals surface area contributed by atoms with Gasteiger partial charge in [0, 0.05) is 12.6 Å². The highest BCUT2D eigenvalue weighted by atomic mass is 16.3. The third-order valence-corrected chi connectivity index (χ3v) is 4.58. The van der Waals surface area contributed by atoms with Crippen molar-refractivity contribution >= 4 is 11.8 Å². The fraction of sp³-hybridized carbons (Fsp3) is 0.444. The molecule has 24 heavy (non-hydrogen) atoms. The van der Waals surface area contributed by atoms with E-state index in [0.717, 1.165) is 12.8 Å². The zero-order chi connectivity index (χ0) is 16.8. The summed E-state index contributed by atoms with van der Waals surface area (Å²) in [5.41, 5.74) is 0.982. The quantitative estimate of drug-likeness (QED) is 0.853. The maximum absolute atomic E-state index is 12.3. The van der Waals surface area contributed by atoms with Gasteiger partial charge in [0.1, 0.15) is 12.5 Å². The van der Waals surface area contributed by atoms with Crippen molar-refractivity contribution in [2.45, 2.75) is 38.1 Å². The van der Waals surface area contributed by atoms with Gasteiger partial charge in [-0.2, -0.15) is 0 Å². The van der Waals surface area contributed by atoms with Crippen LogP contribution in [0, 0.1) is 5.92 Å². The van der Waals surface area contributed by atoms with E-state index in [0.29, 0.717) is 23.6 Å². The number of carbonyl (C=O) groups excluding carboxylic acids is 2. The van der Waals surface area contributed by atoms with E-state index in [1.165, 1.54) is 44.3 Å². The first-order valence-corrected chi connectivity index (χ1v) is 8.37. The molecular formula is C18H22N2O4. The molecule has 0 radical (unpaired) electrons. The monoisotopic (exact) mass is 330 g/mol. The molecule has 2 amide bonds. The summed E-state index contributed by atoms with van der Waals surface area (Å²) in [6.07, 6.45) is 11.5. The molecule has 6 heteroatoms. The van der Waals surface area contributed by atoms with Crippen molar-refractivity contribution in [3.05, 3.63) is 48.3 Å². The van der Waals surface area contributed by atoms with E-state index in [2.05, 4.69) is 10.6 Å². The van der Waals surface area contributed by atoms with E-state index in [1.807, 2.05) is 0 Å². The summed E-state index contributed by atoms with van der Waals surface area (Å²) in [5, 5.41) is 5.95. The van der Waals surface area contributed by atoms with Gasteiger partial charge in [-0.1, -0.05) is 19.3 Å². The first-order chi connectivity index (χ1) is 11.7. The van der Waals surface area contributed by atoms with E-state index >= 15 is 0 Å². The Balaban J connectivity index is 1.62. The summed E-state index contributed by atoms with van der Waals surface area (Å²) in [4.78, 5) is 24.4. The van der Waals surface area contributed by atoms with Crippen LogP contribution in [0.15, 0.2) is 46.0 Å². The Bertz CT molecular complexity index is 643. The first kappa shape index (κ1) is 16.4. The standard InChI is InChI=1S/C18H22N2O4/c21-17(14-6-8-23-11-14)19-10-16(13-4-2-1-3-5-13)20-18(22)15-7-9-24-12-15/h6-9,11-13,16H,1-5,10H2,(H,19,21)(H,20,22). The second-order valence-electron chi connectivity index (χ2n) is 6.21. The molecule has 0 aliphatic heterocycles. The molecule has 1 saturated carbocycles. The number of hydrogen-bond acceptors (Lipinski definition) is 4. The third-order valence-electron chi connectivity index (χ3n) is 4.58. The van der Waals surface area contributed by atoms with Gasteiger partial charge in [0.25, 0.3) is 11.8 Å². The average Bonchev–Trinajstić information content (AvgIpc) is 3.32. The minimum absolute atomic E-state index is 0.0939. The van der Waals surface area contributed by atoms with Gasteiger partial charge >= 0.3 is 0 Å². The van der Waals surface area contributed by atoms with Crippen molar-refractivity contribution in [1.29, 1.82) is 0 Å². The minimum Gasteiger partial charge on any atom is -0.472 e. The van der Waals surface area contributed by atoms with E-state index in [4.69, 9.17) is 8.83 Å². The lowest BCUT2D eigenvalue weighted by molar-refractivity contribution is 0.0882. The molecule has 2 aromatic heterocycles. The summed E-state index contributed by atoms with van der Waals surface area (Å²) >= 11 is 0. The van der Waals surface area contributed by atoms with Crippen molar-refractivity contribution in [3.8, 4) is 0 Å². The maximum atomic E-state index is 12.3. The van der Waals surface area contributed by atoms with Crippen LogP contribution in [-0.2, 0) is 0 Å². The van der Waals surface area contributed by atoms with Gasteiger partial charge in [-0.3, -0.25) is 9.59 Å². The normalized spacial score (nSPS) is 16.5. The molecule has 1 aliphatic rings. The van der Waals surface area contributed by atoms with Crippen LogP contribution >= 0.6 is 0 Å². The molecule has 1 aliphatic carbocycles. The Labute approximate surface area is 140 Å². The molecule has 0 bridgehead atoms. The summed E-state index contributed by atoms with van der Waals surface area (Å²) in [6.45, 7) is 0.401. The van der Waals surface area contributed by atoms with Gasteiger partial charge in [-0.15, -0.1) is 0 Å². The predicted octanol–water partition coefficient (Wildman–Crippen LogP) is 2.98. The Morgan fingerprint density at radius 2 is 1.62 bits per heavy atom. The van der Waals surface area contributed by atoms with Crippen LogP contribution < -0.4 is 10.6 Å². The van der Waals surface area contributed by atoms with Gasteiger partial charge in [-0.25, -0.2) is 0 Å². The second kappa shape index (κ2) is 7.86. The number of hydrogen-bond donors (Lipinski definition) is 2. The summed E-state index contributed by atoms with van der Waals surface area (Å²) in [7, 11) is 0. The highest BCUT2D eigenvalue weighted by molar-refractivity contribution is 5.95. The Morgan fingerprint density at radius 3 is 2.21 bits per heavy atom. The number of rotatable bonds is 6. The van der Waals surface area contributed by atoms with Crippen LogP contribution in [0.3, 0.4) is 0 Å². The fourth-order valence-corrected chi connectivity index (χ4v) is 3.22. The molecule has 0 aromatic carbocycles. The van der Waals surface area contributed by atoms with Crippen molar-refractivity contribution in [3.63, 3.8) is 0 Å². The van der Waals surface area contributed by atoms with Crippen LogP contribution in [0.25, 0.3) is 0 Å². The Morgan fingerprint density at radius 1 is 1.00 bits per heavy atom. The zero-order valence-electron chi connectivity index (χ0n) is 13.5. The SMILES string of the molecule is O=C(NCC(NC(=O)c1ccoc1)C1CCCCC1)c1ccoc1. The number of carbonyl (C=O) groups is 2. The maximum Gasteiger partial charge on any atom is 0.254 e. The largest absolute Gasteiger partial charge is 0.472 e. The van der Waals surface area contributed by atoms with Crippen molar-refractivity contribution in [1.82, 2.24) is 10.6 Å². The van der Waals surface area contributed by atoms with Crippen LogP contribution in [0.5, 0.6) is 0 Å². The van der Waals surface area contributed by atoms with Crippen LogP contribution in [0.4, 0.5) is 0 Å². The Kier molecular flexibility index (Phi) is 5.36. The lowest BCUT2D eigenvalue weighted by atomic mass is 9.83. The van der Waals surface area contributed by atoms with Crippen LogP contribution in [0.1, 0.15) is 52.8 Å². The van der Waals surface area contributed by atoms with Crippen LogP contribution in [0.2, 0.25) is 0 Å². The molecule has 1 fully saturated rings. The second-order valence-corrected chi connectivity index (χ2v) is 6.21. The summed E-state index contributed by atoms with van der Waals surface area (Å²) in [6, 6.07) is 3.16. The molecule has 3 rings (SSSR count). The highest BCUT2D eigenvalue weighted by Gasteiger charge is 2.26. The third kappa shape index (κ3) is 4.07. The molecule has 2 aromatic rings. The van der Waals surface area contributed by atoms with Crippen molar-refractivity contribution < 1.29 is 18.4 Å². The topological polar surface area (TPSA) is 84.5 Å². The van der Waals surface area contributed by atoms with Crippen LogP contribution in [-0.4, -0.2) is 24.4 Å².